The molecule has 0 amide bonds. The topological polar surface area (TPSA) is 54.4 Å². The highest BCUT2D eigenvalue weighted by Gasteiger charge is 2.33. The van der Waals surface area contributed by atoms with Gasteiger partial charge in [-0.2, -0.15) is 0 Å². The van der Waals surface area contributed by atoms with Crippen LogP contribution in [0.2, 0.25) is 0 Å². The number of hydrogen-bond acceptors (Lipinski definition) is 7. The van der Waals surface area contributed by atoms with Crippen molar-refractivity contribution in [1.29, 1.82) is 0 Å². The van der Waals surface area contributed by atoms with Crippen LogP contribution in [0.25, 0.3) is 20.5 Å². The smallest absolute Gasteiger partial charge is 0.161 e. The van der Waals surface area contributed by atoms with Gasteiger partial charge in [-0.15, -0.1) is 11.3 Å². The summed E-state index contributed by atoms with van der Waals surface area (Å²) >= 11 is 1.73. The number of hydrogen-bond donors (Lipinski definition) is 1. The third kappa shape index (κ3) is 6.96. The maximum atomic E-state index is 10.3. The zero-order chi connectivity index (χ0) is 30.6. The van der Waals surface area contributed by atoms with Crippen molar-refractivity contribution in [3.63, 3.8) is 0 Å². The predicted molar refractivity (Wildman–Crippen MR) is 183 cm³/mol. The molecule has 7 heteroatoms. The van der Waals surface area contributed by atoms with Crippen molar-refractivity contribution in [3.05, 3.63) is 71.8 Å². The van der Waals surface area contributed by atoms with Gasteiger partial charge < -0.3 is 19.3 Å². The molecule has 0 bridgehead atoms. The minimum absolute atomic E-state index is 0.212. The number of thiophene rings is 1. The number of phenols is 1. The summed E-state index contributed by atoms with van der Waals surface area (Å²) in [6.45, 7) is 6.47. The number of likely N-dealkylation sites (tertiary alicyclic amines) is 2. The first-order valence-corrected chi connectivity index (χ1v) is 17.7. The Morgan fingerprint density at radius 1 is 0.822 bits per heavy atom. The van der Waals surface area contributed by atoms with Gasteiger partial charge in [-0.05, 0) is 154 Å². The molecule has 3 aliphatic rings. The highest BCUT2D eigenvalue weighted by molar-refractivity contribution is 7.22. The van der Waals surface area contributed by atoms with E-state index in [1.54, 1.807) is 24.5 Å². The number of rotatable bonds is 11. The number of phenolic OH excluding ortho intramolecular Hbond substituents is 1. The van der Waals surface area contributed by atoms with Crippen LogP contribution < -0.4 is 14.2 Å². The van der Waals surface area contributed by atoms with Crippen LogP contribution in [0.15, 0.2) is 60.7 Å². The molecule has 7 rings (SSSR count). The second-order valence-electron chi connectivity index (χ2n) is 12.9. The molecule has 1 unspecified atom stereocenters. The molecule has 1 aliphatic carbocycles. The van der Waals surface area contributed by atoms with E-state index < -0.39 is 0 Å². The van der Waals surface area contributed by atoms with Gasteiger partial charge in [0.05, 0.1) is 7.11 Å². The maximum Gasteiger partial charge on any atom is 0.161 e. The summed E-state index contributed by atoms with van der Waals surface area (Å²) in [5, 5.41) is 11.4. The maximum absolute atomic E-state index is 10.3. The van der Waals surface area contributed by atoms with Crippen molar-refractivity contribution < 1.29 is 19.3 Å². The second-order valence-corrected chi connectivity index (χ2v) is 14.0. The molecule has 2 saturated heterocycles. The standard InChI is InChI=1S/C38H46N2O4S/c1-42-36-25-27(10-17-35(36)44-34-9-3-2-8-33(34)40-20-6-7-21-40)24-32-31-16-13-29(41)26-37(31)45-38(32)28-11-14-30(15-12-28)43-23-22-39-18-4-5-19-39/h10-17,25-26,33-34,41H,2-9,18-24H2,1H3/t33?,34-/m0/s1. The first-order valence-electron chi connectivity index (χ1n) is 16.9. The lowest BCUT2D eigenvalue weighted by atomic mass is 9.91. The molecule has 2 atom stereocenters. The summed E-state index contributed by atoms with van der Waals surface area (Å²) in [4.78, 5) is 6.34. The number of ether oxygens (including phenoxy) is 3. The van der Waals surface area contributed by atoms with E-state index in [0.29, 0.717) is 18.4 Å². The second kappa shape index (κ2) is 14.0. The minimum Gasteiger partial charge on any atom is -0.508 e. The summed E-state index contributed by atoms with van der Waals surface area (Å²) < 4.78 is 19.8. The van der Waals surface area contributed by atoms with Crippen LogP contribution in [0.1, 0.15) is 62.5 Å². The predicted octanol–water partition coefficient (Wildman–Crippen LogP) is 8.13. The van der Waals surface area contributed by atoms with Gasteiger partial charge in [-0.3, -0.25) is 9.80 Å². The molecular formula is C38H46N2O4S. The molecule has 1 N–H and O–H groups in total. The van der Waals surface area contributed by atoms with Crippen molar-refractivity contribution in [3.8, 4) is 33.4 Å². The normalized spacial score (nSPS) is 21.0. The van der Waals surface area contributed by atoms with Gasteiger partial charge in [-0.1, -0.05) is 12.5 Å². The van der Waals surface area contributed by atoms with Crippen LogP contribution in [-0.2, 0) is 6.42 Å². The molecule has 1 saturated carbocycles. The zero-order valence-corrected chi connectivity index (χ0v) is 27.3. The van der Waals surface area contributed by atoms with Crippen molar-refractivity contribution in [1.82, 2.24) is 9.80 Å². The van der Waals surface area contributed by atoms with E-state index >= 15 is 0 Å². The first-order chi connectivity index (χ1) is 22.1. The summed E-state index contributed by atoms with van der Waals surface area (Å²) in [6.07, 6.45) is 11.0. The van der Waals surface area contributed by atoms with E-state index in [1.165, 1.54) is 92.5 Å². The minimum atomic E-state index is 0.212. The van der Waals surface area contributed by atoms with Crippen molar-refractivity contribution in [2.75, 3.05) is 46.4 Å². The van der Waals surface area contributed by atoms with Crippen molar-refractivity contribution >= 4 is 21.4 Å². The van der Waals surface area contributed by atoms with Crippen LogP contribution in [0.5, 0.6) is 23.0 Å². The molecule has 3 aromatic carbocycles. The van der Waals surface area contributed by atoms with Gasteiger partial charge in [-0.25, -0.2) is 0 Å². The van der Waals surface area contributed by atoms with E-state index in [9.17, 15) is 5.11 Å². The molecular weight excluding hydrogens is 580 g/mol. The number of fused-ring (bicyclic) bond motifs is 1. The largest absolute Gasteiger partial charge is 0.508 e. The highest BCUT2D eigenvalue weighted by Crippen LogP contribution is 2.42. The average Bonchev–Trinajstić information content (AvgIpc) is 3.85. The Balaban J connectivity index is 1.11. The van der Waals surface area contributed by atoms with E-state index in [-0.39, 0.29) is 6.10 Å². The Bertz CT molecular complexity index is 1570. The van der Waals surface area contributed by atoms with Gasteiger partial charge in [0.15, 0.2) is 11.5 Å². The Morgan fingerprint density at radius 3 is 2.40 bits per heavy atom. The van der Waals surface area contributed by atoms with Gasteiger partial charge in [0, 0.05) is 22.2 Å². The van der Waals surface area contributed by atoms with Gasteiger partial charge in [0.2, 0.25) is 0 Å². The molecule has 0 radical (unpaired) electrons. The molecule has 3 heterocycles. The van der Waals surface area contributed by atoms with Crippen molar-refractivity contribution in [2.45, 2.75) is 69.9 Å². The van der Waals surface area contributed by atoms with Gasteiger partial charge in [0.1, 0.15) is 24.2 Å². The van der Waals surface area contributed by atoms with Gasteiger partial charge in [0.25, 0.3) is 0 Å². The summed E-state index contributed by atoms with van der Waals surface area (Å²) in [7, 11) is 1.74. The number of benzene rings is 3. The number of nitrogens with zero attached hydrogens (tertiary/aromatic N) is 2. The monoisotopic (exact) mass is 626 g/mol. The fourth-order valence-electron chi connectivity index (χ4n) is 7.54. The summed E-state index contributed by atoms with van der Waals surface area (Å²) in [5.41, 5.74) is 3.60. The SMILES string of the molecule is COc1cc(Cc2c(-c3ccc(OCCN4CCCC4)cc3)sc3cc(O)ccc23)ccc1O[C@H]1CCCCC1N1CCCC1. The van der Waals surface area contributed by atoms with Crippen LogP contribution in [0.3, 0.4) is 0 Å². The lowest BCUT2D eigenvalue weighted by Gasteiger charge is -2.38. The molecule has 45 heavy (non-hydrogen) atoms. The quantitative estimate of drug-likeness (QED) is 0.181. The Hall–Kier alpha value is -3.26. The average molecular weight is 627 g/mol. The first kappa shape index (κ1) is 30.4. The third-order valence-electron chi connectivity index (χ3n) is 9.93. The van der Waals surface area contributed by atoms with Crippen molar-refractivity contribution in [2.24, 2.45) is 0 Å². The Morgan fingerprint density at radius 2 is 1.60 bits per heavy atom. The van der Waals surface area contributed by atoms with E-state index in [0.717, 1.165) is 46.9 Å². The molecule has 238 valence electrons. The Kier molecular flexibility index (Phi) is 9.47. The molecule has 1 aromatic heterocycles. The fourth-order valence-corrected chi connectivity index (χ4v) is 8.80. The molecule has 3 fully saturated rings. The number of methoxy groups -OCH3 is 1. The highest BCUT2D eigenvalue weighted by atomic mass is 32.1. The van der Waals surface area contributed by atoms with E-state index in [1.807, 2.05) is 12.1 Å². The number of aromatic hydroxyl groups is 1. The van der Waals surface area contributed by atoms with Crippen LogP contribution in [0.4, 0.5) is 0 Å². The zero-order valence-electron chi connectivity index (χ0n) is 26.5. The summed E-state index contributed by atoms with van der Waals surface area (Å²) in [6, 6.07) is 21.2. The molecule has 2 aliphatic heterocycles. The van der Waals surface area contributed by atoms with Gasteiger partial charge >= 0.3 is 0 Å². The lowest BCUT2D eigenvalue weighted by Crippen LogP contribution is -2.46. The summed E-state index contributed by atoms with van der Waals surface area (Å²) in [5.74, 6) is 2.84. The van der Waals surface area contributed by atoms with E-state index in [2.05, 4.69) is 52.3 Å². The third-order valence-corrected chi connectivity index (χ3v) is 11.2. The fraction of sp³-hybridized carbons (Fsp3) is 0.474. The Labute approximate surface area is 271 Å². The van der Waals surface area contributed by atoms with Crippen LogP contribution in [0, 0.1) is 0 Å². The lowest BCUT2D eigenvalue weighted by molar-refractivity contribution is 0.0468. The van der Waals surface area contributed by atoms with Crippen LogP contribution in [-0.4, -0.2) is 73.5 Å². The van der Waals surface area contributed by atoms with Crippen LogP contribution >= 0.6 is 11.3 Å². The molecule has 4 aromatic rings. The molecule has 0 spiro atoms. The molecule has 6 nitrogen and oxygen atoms in total. The van der Waals surface area contributed by atoms with E-state index in [4.69, 9.17) is 14.2 Å².